The van der Waals surface area contributed by atoms with Crippen molar-refractivity contribution < 1.29 is 0 Å². The Morgan fingerprint density at radius 3 is 2.74 bits per heavy atom. The van der Waals surface area contributed by atoms with Gasteiger partial charge in [-0.2, -0.15) is 0 Å². The SMILES string of the molecule is CC1CNCCc2ccc(Cc3ccccc3)cc21. The highest BCUT2D eigenvalue weighted by molar-refractivity contribution is 5.38. The van der Waals surface area contributed by atoms with Crippen molar-refractivity contribution in [2.45, 2.75) is 25.7 Å². The first-order chi connectivity index (χ1) is 9.33. The first-order valence-corrected chi connectivity index (χ1v) is 7.19. The summed E-state index contributed by atoms with van der Waals surface area (Å²) in [5.41, 5.74) is 5.88. The molecule has 1 aliphatic heterocycles. The molecule has 0 amide bonds. The van der Waals surface area contributed by atoms with Crippen molar-refractivity contribution in [1.82, 2.24) is 5.32 Å². The number of nitrogens with one attached hydrogen (secondary N) is 1. The molecule has 0 aromatic heterocycles. The number of rotatable bonds is 2. The van der Waals surface area contributed by atoms with Gasteiger partial charge in [0.1, 0.15) is 0 Å². The normalized spacial score (nSPS) is 18.7. The Hall–Kier alpha value is -1.60. The molecule has 0 saturated carbocycles. The fourth-order valence-electron chi connectivity index (χ4n) is 2.92. The molecule has 1 aliphatic rings. The van der Waals surface area contributed by atoms with Gasteiger partial charge in [-0.1, -0.05) is 55.5 Å². The van der Waals surface area contributed by atoms with Crippen molar-refractivity contribution in [3.8, 4) is 0 Å². The highest BCUT2D eigenvalue weighted by Gasteiger charge is 2.14. The lowest BCUT2D eigenvalue weighted by Gasteiger charge is -2.14. The molecule has 0 spiro atoms. The van der Waals surface area contributed by atoms with Crippen molar-refractivity contribution >= 4 is 0 Å². The summed E-state index contributed by atoms with van der Waals surface area (Å²) in [5.74, 6) is 0.619. The molecule has 1 atom stereocenters. The van der Waals surface area contributed by atoms with E-state index in [0.717, 1.165) is 25.9 Å². The molecule has 1 nitrogen and oxygen atoms in total. The fourth-order valence-corrected chi connectivity index (χ4v) is 2.92. The predicted molar refractivity (Wildman–Crippen MR) is 80.7 cm³/mol. The van der Waals surface area contributed by atoms with Crippen LogP contribution >= 0.6 is 0 Å². The zero-order chi connectivity index (χ0) is 13.1. The van der Waals surface area contributed by atoms with E-state index in [1.807, 2.05) is 0 Å². The molecule has 1 heteroatoms. The summed E-state index contributed by atoms with van der Waals surface area (Å²) >= 11 is 0. The first-order valence-electron chi connectivity index (χ1n) is 7.19. The molecule has 0 saturated heterocycles. The smallest absolute Gasteiger partial charge is 0.00177 e. The minimum absolute atomic E-state index is 0.619. The molecule has 0 fully saturated rings. The highest BCUT2D eigenvalue weighted by Crippen LogP contribution is 2.24. The number of benzene rings is 2. The van der Waals surface area contributed by atoms with E-state index < -0.39 is 0 Å². The van der Waals surface area contributed by atoms with E-state index in [1.54, 1.807) is 5.56 Å². The average Bonchev–Trinajstić information content (AvgIpc) is 2.62. The standard InChI is InChI=1S/C18H21N/c1-14-13-19-10-9-17-8-7-16(12-18(14)17)11-15-5-3-2-4-6-15/h2-8,12,14,19H,9-11,13H2,1H3. The second-order valence-electron chi connectivity index (χ2n) is 5.55. The van der Waals surface area contributed by atoms with Crippen LogP contribution in [0.3, 0.4) is 0 Å². The Kier molecular flexibility index (Phi) is 3.65. The second-order valence-corrected chi connectivity index (χ2v) is 5.55. The van der Waals surface area contributed by atoms with Crippen LogP contribution < -0.4 is 5.32 Å². The Bertz CT molecular complexity index is 545. The molecule has 19 heavy (non-hydrogen) atoms. The maximum Gasteiger partial charge on any atom is 0.00177 e. The van der Waals surface area contributed by atoms with Crippen molar-refractivity contribution in [2.75, 3.05) is 13.1 Å². The molecule has 1 heterocycles. The molecule has 0 radical (unpaired) electrons. The molecule has 0 aliphatic carbocycles. The van der Waals surface area contributed by atoms with Crippen molar-refractivity contribution in [3.63, 3.8) is 0 Å². The Labute approximate surface area is 115 Å². The average molecular weight is 251 g/mol. The lowest BCUT2D eigenvalue weighted by Crippen LogP contribution is -2.18. The van der Waals surface area contributed by atoms with E-state index in [9.17, 15) is 0 Å². The quantitative estimate of drug-likeness (QED) is 0.861. The van der Waals surface area contributed by atoms with Crippen molar-refractivity contribution in [1.29, 1.82) is 0 Å². The Balaban J connectivity index is 1.88. The summed E-state index contributed by atoms with van der Waals surface area (Å²) in [4.78, 5) is 0. The number of hydrogen-bond acceptors (Lipinski definition) is 1. The van der Waals surface area contributed by atoms with Crippen LogP contribution in [-0.4, -0.2) is 13.1 Å². The Morgan fingerprint density at radius 2 is 1.89 bits per heavy atom. The van der Waals surface area contributed by atoms with Crippen LogP contribution in [0.4, 0.5) is 0 Å². The van der Waals surface area contributed by atoms with E-state index in [2.05, 4.69) is 60.8 Å². The maximum atomic E-state index is 3.51. The summed E-state index contributed by atoms with van der Waals surface area (Å²) in [7, 11) is 0. The monoisotopic (exact) mass is 251 g/mol. The van der Waals surface area contributed by atoms with Gasteiger partial charge in [-0.05, 0) is 47.6 Å². The topological polar surface area (TPSA) is 12.0 Å². The zero-order valence-corrected chi connectivity index (χ0v) is 11.5. The predicted octanol–water partition coefficient (Wildman–Crippen LogP) is 3.53. The van der Waals surface area contributed by atoms with Gasteiger partial charge in [0.05, 0.1) is 0 Å². The van der Waals surface area contributed by atoms with Crippen LogP contribution in [0.25, 0.3) is 0 Å². The highest BCUT2D eigenvalue weighted by atomic mass is 14.9. The van der Waals surface area contributed by atoms with Gasteiger partial charge in [0.2, 0.25) is 0 Å². The second kappa shape index (κ2) is 5.58. The molecular formula is C18H21N. The third-order valence-corrected chi connectivity index (χ3v) is 4.01. The molecule has 98 valence electrons. The largest absolute Gasteiger partial charge is 0.316 e. The maximum absolute atomic E-state index is 3.51. The van der Waals surface area contributed by atoms with Gasteiger partial charge in [0.25, 0.3) is 0 Å². The minimum atomic E-state index is 0.619. The summed E-state index contributed by atoms with van der Waals surface area (Å²) in [6.07, 6.45) is 2.19. The van der Waals surface area contributed by atoms with Gasteiger partial charge in [0.15, 0.2) is 0 Å². The van der Waals surface area contributed by atoms with E-state index in [0.29, 0.717) is 5.92 Å². The number of fused-ring (bicyclic) bond motifs is 1. The Morgan fingerprint density at radius 1 is 1.05 bits per heavy atom. The van der Waals surface area contributed by atoms with E-state index in [4.69, 9.17) is 0 Å². The molecule has 0 bridgehead atoms. The van der Waals surface area contributed by atoms with E-state index in [-0.39, 0.29) is 0 Å². The van der Waals surface area contributed by atoms with Crippen LogP contribution in [0.15, 0.2) is 48.5 Å². The van der Waals surface area contributed by atoms with Gasteiger partial charge in [-0.3, -0.25) is 0 Å². The lowest BCUT2D eigenvalue weighted by molar-refractivity contribution is 0.644. The third-order valence-electron chi connectivity index (χ3n) is 4.01. The van der Waals surface area contributed by atoms with Crippen LogP contribution in [0.5, 0.6) is 0 Å². The van der Waals surface area contributed by atoms with Gasteiger partial charge in [-0.25, -0.2) is 0 Å². The molecule has 1 N–H and O–H groups in total. The van der Waals surface area contributed by atoms with Crippen molar-refractivity contribution in [3.05, 3.63) is 70.8 Å². The zero-order valence-electron chi connectivity index (χ0n) is 11.5. The summed E-state index contributed by atoms with van der Waals surface area (Å²) in [6, 6.07) is 17.8. The van der Waals surface area contributed by atoms with Crippen LogP contribution in [-0.2, 0) is 12.8 Å². The minimum Gasteiger partial charge on any atom is -0.316 e. The van der Waals surface area contributed by atoms with Gasteiger partial charge < -0.3 is 5.32 Å². The molecule has 3 rings (SSSR count). The van der Waals surface area contributed by atoms with E-state index >= 15 is 0 Å². The molecule has 2 aromatic rings. The van der Waals surface area contributed by atoms with Gasteiger partial charge in [-0.15, -0.1) is 0 Å². The van der Waals surface area contributed by atoms with Crippen LogP contribution in [0.1, 0.15) is 35.1 Å². The first kappa shape index (κ1) is 12.4. The van der Waals surface area contributed by atoms with Crippen molar-refractivity contribution in [2.24, 2.45) is 0 Å². The number of hydrogen-bond donors (Lipinski definition) is 1. The van der Waals surface area contributed by atoms with E-state index in [1.165, 1.54) is 16.7 Å². The van der Waals surface area contributed by atoms with Gasteiger partial charge >= 0.3 is 0 Å². The molecule has 1 unspecified atom stereocenters. The summed E-state index contributed by atoms with van der Waals surface area (Å²) in [5, 5.41) is 3.51. The van der Waals surface area contributed by atoms with Crippen LogP contribution in [0.2, 0.25) is 0 Å². The summed E-state index contributed by atoms with van der Waals surface area (Å²) < 4.78 is 0. The lowest BCUT2D eigenvalue weighted by atomic mass is 9.92. The molecular weight excluding hydrogens is 230 g/mol. The summed E-state index contributed by atoms with van der Waals surface area (Å²) in [6.45, 7) is 4.53. The third kappa shape index (κ3) is 2.87. The van der Waals surface area contributed by atoms with Gasteiger partial charge in [0, 0.05) is 6.54 Å². The van der Waals surface area contributed by atoms with Crippen LogP contribution in [0, 0.1) is 0 Å². The fraction of sp³-hybridized carbons (Fsp3) is 0.333. The molecule has 2 aromatic carbocycles.